The smallest absolute Gasteiger partial charge is 0.269 e. The summed E-state index contributed by atoms with van der Waals surface area (Å²) in [6.07, 6.45) is 3.52. The molecule has 2 rings (SSSR count). The summed E-state index contributed by atoms with van der Waals surface area (Å²) in [7, 11) is 0. The van der Waals surface area contributed by atoms with Gasteiger partial charge in [-0.1, -0.05) is 13.8 Å². The van der Waals surface area contributed by atoms with Gasteiger partial charge in [-0.15, -0.1) is 0 Å². The van der Waals surface area contributed by atoms with Crippen LogP contribution in [0.4, 0.5) is 11.4 Å². The van der Waals surface area contributed by atoms with Crippen LogP contribution in [-0.2, 0) is 4.79 Å². The third-order valence-corrected chi connectivity index (χ3v) is 4.91. The maximum absolute atomic E-state index is 11.9. The minimum Gasteiger partial charge on any atom is -0.385 e. The first-order valence-corrected chi connectivity index (χ1v) is 9.91. The number of hydrogen-bond donors (Lipinski definition) is 2. The summed E-state index contributed by atoms with van der Waals surface area (Å²) in [5.41, 5.74) is 0.902. The highest BCUT2D eigenvalue weighted by atomic mass is 16.6. The number of nitro groups is 1. The van der Waals surface area contributed by atoms with Crippen molar-refractivity contribution in [3.63, 3.8) is 0 Å². The molecular formula is C20H32N4O3. The molecule has 0 bridgehead atoms. The van der Waals surface area contributed by atoms with E-state index in [1.54, 1.807) is 12.1 Å². The second kappa shape index (κ2) is 10.9. The van der Waals surface area contributed by atoms with Crippen molar-refractivity contribution in [2.45, 2.75) is 39.5 Å². The first kappa shape index (κ1) is 21.2. The van der Waals surface area contributed by atoms with Crippen LogP contribution in [0.3, 0.4) is 0 Å². The average molecular weight is 377 g/mol. The summed E-state index contributed by atoms with van der Waals surface area (Å²) in [5, 5.41) is 16.8. The SMILES string of the molecule is CC1CC(C)CN(CCCNC(=O)CCCNc2ccc([N+](=O)[O-])cc2)C1. The molecule has 1 aliphatic rings. The highest BCUT2D eigenvalue weighted by Crippen LogP contribution is 2.20. The van der Waals surface area contributed by atoms with E-state index >= 15 is 0 Å². The molecule has 0 radical (unpaired) electrons. The van der Waals surface area contributed by atoms with E-state index in [2.05, 4.69) is 29.4 Å². The molecule has 1 aromatic rings. The van der Waals surface area contributed by atoms with Gasteiger partial charge in [0, 0.05) is 50.4 Å². The Hall–Kier alpha value is -2.15. The zero-order valence-corrected chi connectivity index (χ0v) is 16.4. The number of carbonyl (C=O) groups excluding carboxylic acids is 1. The summed E-state index contributed by atoms with van der Waals surface area (Å²) >= 11 is 0. The van der Waals surface area contributed by atoms with E-state index in [4.69, 9.17) is 0 Å². The lowest BCUT2D eigenvalue weighted by Gasteiger charge is -2.34. The van der Waals surface area contributed by atoms with E-state index in [-0.39, 0.29) is 11.6 Å². The first-order chi connectivity index (χ1) is 12.9. The van der Waals surface area contributed by atoms with Crippen LogP contribution >= 0.6 is 0 Å². The molecule has 2 unspecified atom stereocenters. The Kier molecular flexibility index (Phi) is 8.51. The molecule has 1 heterocycles. The zero-order chi connectivity index (χ0) is 19.6. The van der Waals surface area contributed by atoms with Crippen molar-refractivity contribution in [1.29, 1.82) is 0 Å². The molecule has 2 atom stereocenters. The topological polar surface area (TPSA) is 87.5 Å². The maximum Gasteiger partial charge on any atom is 0.269 e. The first-order valence-electron chi connectivity index (χ1n) is 9.91. The van der Waals surface area contributed by atoms with E-state index in [1.807, 2.05) is 0 Å². The minimum atomic E-state index is -0.416. The molecule has 0 saturated carbocycles. The van der Waals surface area contributed by atoms with Gasteiger partial charge in [0.2, 0.25) is 5.91 Å². The van der Waals surface area contributed by atoms with Crippen LogP contribution in [0.25, 0.3) is 0 Å². The monoisotopic (exact) mass is 376 g/mol. The number of nitrogens with zero attached hydrogens (tertiary/aromatic N) is 2. The third kappa shape index (κ3) is 7.95. The number of benzene rings is 1. The molecule has 7 nitrogen and oxygen atoms in total. The predicted octanol–water partition coefficient (Wildman–Crippen LogP) is 3.27. The number of nitrogens with one attached hydrogen (secondary N) is 2. The lowest BCUT2D eigenvalue weighted by Crippen LogP contribution is -2.40. The Morgan fingerprint density at radius 3 is 2.44 bits per heavy atom. The fourth-order valence-corrected chi connectivity index (χ4v) is 3.78. The molecule has 0 spiro atoms. The molecular weight excluding hydrogens is 344 g/mol. The number of carbonyl (C=O) groups is 1. The molecule has 1 saturated heterocycles. The molecule has 0 aliphatic carbocycles. The maximum atomic E-state index is 11.9. The van der Waals surface area contributed by atoms with Crippen LogP contribution in [0, 0.1) is 22.0 Å². The summed E-state index contributed by atoms with van der Waals surface area (Å²) in [6.45, 7) is 9.42. The van der Waals surface area contributed by atoms with Crippen molar-refractivity contribution in [2.75, 3.05) is 38.0 Å². The number of likely N-dealkylation sites (tertiary alicyclic amines) is 1. The second-order valence-corrected chi connectivity index (χ2v) is 7.74. The summed E-state index contributed by atoms with van der Waals surface area (Å²) < 4.78 is 0. The lowest BCUT2D eigenvalue weighted by molar-refractivity contribution is -0.384. The number of nitro benzene ring substituents is 1. The van der Waals surface area contributed by atoms with E-state index in [0.717, 1.165) is 43.5 Å². The van der Waals surface area contributed by atoms with Gasteiger partial charge < -0.3 is 15.5 Å². The fraction of sp³-hybridized carbons (Fsp3) is 0.650. The number of amides is 1. The Morgan fingerprint density at radius 2 is 1.81 bits per heavy atom. The van der Waals surface area contributed by atoms with Crippen molar-refractivity contribution in [1.82, 2.24) is 10.2 Å². The predicted molar refractivity (Wildman–Crippen MR) is 108 cm³/mol. The van der Waals surface area contributed by atoms with Crippen molar-refractivity contribution < 1.29 is 9.72 Å². The van der Waals surface area contributed by atoms with Gasteiger partial charge >= 0.3 is 0 Å². The van der Waals surface area contributed by atoms with Gasteiger partial charge in [-0.2, -0.15) is 0 Å². The molecule has 1 aliphatic heterocycles. The molecule has 0 aromatic heterocycles. The number of anilines is 1. The van der Waals surface area contributed by atoms with Crippen LogP contribution in [0.15, 0.2) is 24.3 Å². The fourth-order valence-electron chi connectivity index (χ4n) is 3.78. The zero-order valence-electron chi connectivity index (χ0n) is 16.4. The number of non-ortho nitro benzene ring substituents is 1. The van der Waals surface area contributed by atoms with E-state index in [0.29, 0.717) is 13.0 Å². The van der Waals surface area contributed by atoms with Gasteiger partial charge in [0.25, 0.3) is 5.69 Å². The van der Waals surface area contributed by atoms with Crippen molar-refractivity contribution >= 4 is 17.3 Å². The van der Waals surface area contributed by atoms with Crippen molar-refractivity contribution in [2.24, 2.45) is 11.8 Å². The van der Waals surface area contributed by atoms with Gasteiger partial charge in [-0.05, 0) is 49.8 Å². The molecule has 27 heavy (non-hydrogen) atoms. The molecule has 7 heteroatoms. The summed E-state index contributed by atoms with van der Waals surface area (Å²) in [6, 6.07) is 6.30. The summed E-state index contributed by atoms with van der Waals surface area (Å²) in [4.78, 5) is 24.6. The Balaban J connectivity index is 1.51. The highest BCUT2D eigenvalue weighted by Gasteiger charge is 2.20. The van der Waals surface area contributed by atoms with Crippen LogP contribution < -0.4 is 10.6 Å². The molecule has 1 fully saturated rings. The quantitative estimate of drug-likeness (QED) is 0.372. The van der Waals surface area contributed by atoms with Gasteiger partial charge in [-0.25, -0.2) is 0 Å². The van der Waals surface area contributed by atoms with Crippen LogP contribution in [0.1, 0.15) is 39.5 Å². The van der Waals surface area contributed by atoms with E-state index in [1.165, 1.54) is 31.6 Å². The second-order valence-electron chi connectivity index (χ2n) is 7.74. The molecule has 1 aromatic carbocycles. The van der Waals surface area contributed by atoms with Gasteiger partial charge in [0.05, 0.1) is 4.92 Å². The molecule has 150 valence electrons. The Labute approximate surface area is 161 Å². The van der Waals surface area contributed by atoms with Crippen molar-refractivity contribution in [3.8, 4) is 0 Å². The molecule has 2 N–H and O–H groups in total. The number of piperidine rings is 1. The van der Waals surface area contributed by atoms with Crippen LogP contribution in [-0.4, -0.2) is 48.5 Å². The van der Waals surface area contributed by atoms with Gasteiger partial charge in [0.15, 0.2) is 0 Å². The Morgan fingerprint density at radius 1 is 1.15 bits per heavy atom. The lowest BCUT2D eigenvalue weighted by atomic mass is 9.92. The standard InChI is InChI=1S/C20H32N4O3/c1-16-13-17(2)15-23(14-16)12-4-11-22-20(25)5-3-10-21-18-6-8-19(9-7-18)24(26)27/h6-9,16-17,21H,3-5,10-15H2,1-2H3,(H,22,25). The average Bonchev–Trinajstić information content (AvgIpc) is 2.62. The highest BCUT2D eigenvalue weighted by molar-refractivity contribution is 5.75. The largest absolute Gasteiger partial charge is 0.385 e. The van der Waals surface area contributed by atoms with Crippen LogP contribution in [0.2, 0.25) is 0 Å². The normalized spacial score (nSPS) is 20.2. The number of hydrogen-bond acceptors (Lipinski definition) is 5. The minimum absolute atomic E-state index is 0.0772. The van der Waals surface area contributed by atoms with E-state index in [9.17, 15) is 14.9 Å². The third-order valence-electron chi connectivity index (χ3n) is 4.91. The van der Waals surface area contributed by atoms with Crippen LogP contribution in [0.5, 0.6) is 0 Å². The van der Waals surface area contributed by atoms with Crippen molar-refractivity contribution in [3.05, 3.63) is 34.4 Å². The van der Waals surface area contributed by atoms with E-state index < -0.39 is 4.92 Å². The Bertz CT molecular complexity index is 596. The summed E-state index contributed by atoms with van der Waals surface area (Å²) in [5.74, 6) is 1.62. The molecule has 1 amide bonds. The van der Waals surface area contributed by atoms with Gasteiger partial charge in [0.1, 0.15) is 0 Å². The number of rotatable bonds is 10. The van der Waals surface area contributed by atoms with Gasteiger partial charge in [-0.3, -0.25) is 14.9 Å².